The second-order valence-corrected chi connectivity index (χ2v) is 9.14. The van der Waals surface area contributed by atoms with Crippen molar-refractivity contribution in [2.45, 2.75) is 34.6 Å². The normalized spacial score (nSPS) is 12.2. The maximum absolute atomic E-state index is 6.30. The number of hydrogen-bond donors (Lipinski definition) is 0. The van der Waals surface area contributed by atoms with Gasteiger partial charge in [-0.3, -0.25) is 0 Å². The van der Waals surface area contributed by atoms with Crippen LogP contribution < -0.4 is 9.64 Å². The molecule has 0 fully saturated rings. The van der Waals surface area contributed by atoms with Crippen molar-refractivity contribution in [1.82, 2.24) is 0 Å². The Kier molecular flexibility index (Phi) is 4.82. The third-order valence-electron chi connectivity index (χ3n) is 6.68. The molecular formula is C30H29NO. The van der Waals surface area contributed by atoms with Crippen LogP contribution >= 0.6 is 0 Å². The molecule has 160 valence electrons. The van der Waals surface area contributed by atoms with Gasteiger partial charge in [-0.25, -0.2) is 0 Å². The molecule has 1 heterocycles. The molecule has 0 spiro atoms. The standard InChI is InChI=1S/C30H29NO/c1-18-11-19(2)13-25(12-18)23-7-9-29-27(16-23)31(6)28-17-24(8-10-30(28)32-29)26-14-20(3)22(5)21(4)15-26/h7-17H,1-6H3. The van der Waals surface area contributed by atoms with Gasteiger partial charge in [-0.1, -0.05) is 53.6 Å². The Balaban J connectivity index is 1.57. The maximum Gasteiger partial charge on any atom is 0.151 e. The van der Waals surface area contributed by atoms with Gasteiger partial charge >= 0.3 is 0 Å². The molecule has 2 nitrogen and oxygen atoms in total. The predicted molar refractivity (Wildman–Crippen MR) is 136 cm³/mol. The van der Waals surface area contributed by atoms with Crippen LogP contribution in [-0.4, -0.2) is 7.05 Å². The molecule has 5 rings (SSSR count). The largest absolute Gasteiger partial charge is 0.453 e. The summed E-state index contributed by atoms with van der Waals surface area (Å²) in [5.74, 6) is 1.78. The molecule has 32 heavy (non-hydrogen) atoms. The Morgan fingerprint density at radius 2 is 1.00 bits per heavy atom. The van der Waals surface area contributed by atoms with E-state index in [1.165, 1.54) is 50.1 Å². The quantitative estimate of drug-likeness (QED) is 0.323. The van der Waals surface area contributed by atoms with Crippen LogP contribution in [-0.2, 0) is 0 Å². The Morgan fingerprint density at radius 1 is 0.531 bits per heavy atom. The zero-order chi connectivity index (χ0) is 22.6. The van der Waals surface area contributed by atoms with Crippen LogP contribution in [0, 0.1) is 34.6 Å². The fourth-order valence-electron chi connectivity index (χ4n) is 4.68. The lowest BCUT2D eigenvalue weighted by Crippen LogP contribution is -2.15. The van der Waals surface area contributed by atoms with Gasteiger partial charge < -0.3 is 9.64 Å². The second-order valence-electron chi connectivity index (χ2n) is 9.14. The number of nitrogens with zero attached hydrogens (tertiary/aromatic N) is 1. The van der Waals surface area contributed by atoms with E-state index in [1.807, 2.05) is 0 Å². The van der Waals surface area contributed by atoms with E-state index in [-0.39, 0.29) is 0 Å². The van der Waals surface area contributed by atoms with Crippen LogP contribution in [0.4, 0.5) is 11.4 Å². The molecule has 4 aromatic rings. The number of ether oxygens (including phenoxy) is 1. The molecular weight excluding hydrogens is 390 g/mol. The Labute approximate surface area is 191 Å². The molecule has 0 unspecified atom stereocenters. The molecule has 0 saturated carbocycles. The summed E-state index contributed by atoms with van der Waals surface area (Å²) in [6, 6.07) is 24.2. The molecule has 1 aliphatic heterocycles. The van der Waals surface area contributed by atoms with E-state index in [0.29, 0.717) is 0 Å². The molecule has 0 amide bonds. The Morgan fingerprint density at radius 3 is 1.50 bits per heavy atom. The number of hydrogen-bond acceptors (Lipinski definition) is 2. The van der Waals surface area contributed by atoms with E-state index in [9.17, 15) is 0 Å². The molecule has 4 aromatic carbocycles. The molecule has 0 aromatic heterocycles. The van der Waals surface area contributed by atoms with Crippen molar-refractivity contribution in [3.05, 3.63) is 94.5 Å². The second kappa shape index (κ2) is 7.56. The number of benzene rings is 4. The van der Waals surface area contributed by atoms with Crippen molar-refractivity contribution in [3.8, 4) is 33.8 Å². The first-order valence-corrected chi connectivity index (χ1v) is 11.2. The fraction of sp³-hybridized carbons (Fsp3) is 0.200. The summed E-state index contributed by atoms with van der Waals surface area (Å²) in [6.45, 7) is 10.9. The average Bonchev–Trinajstić information content (AvgIpc) is 2.76. The summed E-state index contributed by atoms with van der Waals surface area (Å²) in [7, 11) is 2.13. The van der Waals surface area contributed by atoms with E-state index < -0.39 is 0 Å². The van der Waals surface area contributed by atoms with Crippen molar-refractivity contribution in [3.63, 3.8) is 0 Å². The lowest BCUT2D eigenvalue weighted by molar-refractivity contribution is 0.475. The number of fused-ring (bicyclic) bond motifs is 2. The minimum absolute atomic E-state index is 0.892. The number of anilines is 2. The van der Waals surface area contributed by atoms with Crippen molar-refractivity contribution in [2.24, 2.45) is 0 Å². The van der Waals surface area contributed by atoms with Crippen LogP contribution in [0.2, 0.25) is 0 Å². The van der Waals surface area contributed by atoms with E-state index >= 15 is 0 Å². The molecule has 1 aliphatic rings. The Bertz CT molecular complexity index is 1320. The van der Waals surface area contributed by atoms with Crippen molar-refractivity contribution < 1.29 is 4.74 Å². The van der Waals surface area contributed by atoms with Crippen LogP contribution in [0.25, 0.3) is 22.3 Å². The topological polar surface area (TPSA) is 12.5 Å². The molecule has 0 radical (unpaired) electrons. The monoisotopic (exact) mass is 419 g/mol. The van der Waals surface area contributed by atoms with Crippen molar-refractivity contribution >= 4 is 11.4 Å². The highest BCUT2D eigenvalue weighted by atomic mass is 16.5. The molecule has 0 bridgehead atoms. The number of aryl methyl sites for hydroxylation is 4. The number of rotatable bonds is 2. The van der Waals surface area contributed by atoms with Crippen LogP contribution in [0.15, 0.2) is 66.7 Å². The lowest BCUT2D eigenvalue weighted by Gasteiger charge is -2.30. The van der Waals surface area contributed by atoms with Crippen molar-refractivity contribution in [1.29, 1.82) is 0 Å². The van der Waals surface area contributed by atoms with Gasteiger partial charge in [0.1, 0.15) is 0 Å². The third kappa shape index (κ3) is 3.46. The molecule has 0 aliphatic carbocycles. The highest BCUT2D eigenvalue weighted by molar-refractivity contribution is 5.84. The van der Waals surface area contributed by atoms with E-state index in [2.05, 4.69) is 113 Å². The molecule has 0 N–H and O–H groups in total. The van der Waals surface area contributed by atoms with Gasteiger partial charge in [0.15, 0.2) is 11.5 Å². The summed E-state index contributed by atoms with van der Waals surface area (Å²) in [5, 5.41) is 0. The van der Waals surface area contributed by atoms with E-state index in [4.69, 9.17) is 4.74 Å². The van der Waals surface area contributed by atoms with Gasteiger partial charge in [0, 0.05) is 7.05 Å². The van der Waals surface area contributed by atoms with Gasteiger partial charge in [-0.15, -0.1) is 0 Å². The van der Waals surface area contributed by atoms with Gasteiger partial charge in [0.2, 0.25) is 0 Å². The van der Waals surface area contributed by atoms with Crippen LogP contribution in [0.1, 0.15) is 27.8 Å². The first-order chi connectivity index (χ1) is 15.3. The van der Waals surface area contributed by atoms with Crippen LogP contribution in [0.5, 0.6) is 11.5 Å². The third-order valence-corrected chi connectivity index (χ3v) is 6.68. The van der Waals surface area contributed by atoms with Gasteiger partial charge in [0.25, 0.3) is 0 Å². The minimum atomic E-state index is 0.892. The predicted octanol–water partition coefficient (Wildman–Crippen LogP) is 8.44. The summed E-state index contributed by atoms with van der Waals surface area (Å²) in [4.78, 5) is 2.25. The fourth-order valence-corrected chi connectivity index (χ4v) is 4.68. The van der Waals surface area contributed by atoms with Crippen molar-refractivity contribution in [2.75, 3.05) is 11.9 Å². The summed E-state index contributed by atoms with van der Waals surface area (Å²) in [6.07, 6.45) is 0. The van der Waals surface area contributed by atoms with E-state index in [1.54, 1.807) is 0 Å². The smallest absolute Gasteiger partial charge is 0.151 e. The van der Waals surface area contributed by atoms with Crippen LogP contribution in [0.3, 0.4) is 0 Å². The molecule has 0 atom stereocenters. The summed E-state index contributed by atoms with van der Waals surface area (Å²) in [5.41, 5.74) is 13.6. The molecule has 0 saturated heterocycles. The lowest BCUT2D eigenvalue weighted by atomic mass is 9.95. The highest BCUT2D eigenvalue weighted by Gasteiger charge is 2.23. The summed E-state index contributed by atoms with van der Waals surface area (Å²) >= 11 is 0. The first-order valence-electron chi connectivity index (χ1n) is 11.2. The average molecular weight is 420 g/mol. The van der Waals surface area contributed by atoms with Gasteiger partial charge in [0.05, 0.1) is 11.4 Å². The maximum atomic E-state index is 6.30. The minimum Gasteiger partial charge on any atom is -0.453 e. The van der Waals surface area contributed by atoms with Gasteiger partial charge in [-0.2, -0.15) is 0 Å². The zero-order valence-electron chi connectivity index (χ0n) is 19.7. The zero-order valence-corrected chi connectivity index (χ0v) is 19.7. The summed E-state index contributed by atoms with van der Waals surface area (Å²) < 4.78 is 6.30. The molecule has 2 heteroatoms. The van der Waals surface area contributed by atoms with Gasteiger partial charge in [-0.05, 0) is 97.8 Å². The Hall–Kier alpha value is -3.52. The first kappa shape index (κ1) is 20.4. The van der Waals surface area contributed by atoms with E-state index in [0.717, 1.165) is 22.9 Å². The SMILES string of the molecule is Cc1cc(C)cc(-c2ccc3c(c2)N(C)c2cc(-c4cc(C)c(C)c(C)c4)ccc2O3)c1. The highest BCUT2D eigenvalue weighted by Crippen LogP contribution is 2.48.